The van der Waals surface area contributed by atoms with Gasteiger partial charge in [0.05, 0.1) is 130 Å². The van der Waals surface area contributed by atoms with E-state index in [1.54, 1.807) is 53.0 Å². The Balaban J connectivity index is 0.799. The summed E-state index contributed by atoms with van der Waals surface area (Å²) in [6, 6.07) is 7.12. The first-order chi connectivity index (χ1) is 41.9. The molecule has 10 bridgehead atoms. The van der Waals surface area contributed by atoms with Gasteiger partial charge in [0.15, 0.2) is 5.79 Å². The van der Waals surface area contributed by atoms with Crippen molar-refractivity contribution in [3.8, 4) is 0 Å². The van der Waals surface area contributed by atoms with Gasteiger partial charge in [-0.2, -0.15) is 0 Å². The van der Waals surface area contributed by atoms with E-state index in [9.17, 15) is 24.6 Å². The molecule has 87 heavy (non-hydrogen) atoms. The fourth-order valence-corrected chi connectivity index (χ4v) is 16.2. The summed E-state index contributed by atoms with van der Waals surface area (Å²) < 4.78 is 81.9. The summed E-state index contributed by atoms with van der Waals surface area (Å²) in [7, 11) is 4.85. The Morgan fingerprint density at radius 1 is 0.839 bits per heavy atom. The highest BCUT2D eigenvalue weighted by Gasteiger charge is 2.60. The molecule has 0 aromatic heterocycles. The number of esters is 1. The molecule has 19 atom stereocenters. The Kier molecular flexibility index (Phi) is 25.4. The number of hydrogen-bond acceptors (Lipinski definition) is 21. The molecule has 1 aromatic carbocycles. The van der Waals surface area contributed by atoms with Gasteiger partial charge in [-0.05, 0) is 112 Å². The Bertz CT molecular complexity index is 2440. The number of ether oxygens (including phenoxy) is 13. The molecule has 2 N–H and O–H groups in total. The number of methoxy groups -OCH3 is 1. The van der Waals surface area contributed by atoms with Crippen LogP contribution in [0, 0.1) is 17.8 Å². The number of nitrogens with zero attached hydrogens (tertiary/aromatic N) is 4. The SMILES string of the molecule is C=C1C[C@@H]2CC[C@]34C[C@@H](O)[C@H](O3)[C@H]3C[C@@H](O4)[C@H]4O[C@H](CC[C@@H]4O3)CC(=O)C[C@@H]3[C@@H](OC)[C@@H](C[C@H](O)CCC(=O)OCc4ccc(N(CCOCCOCCOCCN=[N+]=[N-])C(=O)OCC(C)(C)SSC)cc4)O[C@H]3C[C@H]3O[C@@H](CC[C@@H]1O2)C[C@@H](C)C3C. The Morgan fingerprint density at radius 2 is 1.57 bits per heavy atom. The standard InChI is InChI=1S/C63H96N4O18S2/c1-38-28-45-13-15-50-39(2)29-47(79-50)18-19-63-35-49(70)59(85-63)55-34-56(84-63)60-51(82-55)16-14-46(81-60)30-44(69)31-48-53(33-52(80-45)40(38)3)83-54(58(48)73-6)32-43(68)12-17-57(71)77-36-41-8-10-42(11-9-41)67(61(72)78-37-62(4,5)87-86-7)21-23-75-25-27-76-26-24-74-22-20-65-66-64/h8-11,38,40,43,45-56,58-60,68,70H,2,12-37H2,1,3-7H3/t38-,40?,43-,45+,46-,47+,48+,49-,50+,51+,52-,53+,54-,55-,56-,58-,59+,60+,63-/m1/s1. The molecule has 1 unspecified atom stereocenters. The largest absolute Gasteiger partial charge is 0.461 e. The number of rotatable bonds is 25. The van der Waals surface area contributed by atoms with Gasteiger partial charge in [0.25, 0.3) is 0 Å². The zero-order valence-electron chi connectivity index (χ0n) is 51.8. The minimum atomic E-state index is -0.998. The van der Waals surface area contributed by atoms with Crippen LogP contribution >= 0.6 is 21.6 Å². The molecule has 9 rings (SSSR count). The zero-order chi connectivity index (χ0) is 61.7. The lowest BCUT2D eigenvalue weighted by molar-refractivity contribution is -0.277. The lowest BCUT2D eigenvalue weighted by Crippen LogP contribution is -2.58. The molecule has 8 aliphatic heterocycles. The molecule has 8 aliphatic rings. The van der Waals surface area contributed by atoms with Gasteiger partial charge in [0.2, 0.25) is 0 Å². The highest BCUT2D eigenvalue weighted by atomic mass is 33.1. The van der Waals surface area contributed by atoms with Gasteiger partial charge in [-0.1, -0.05) is 59.3 Å². The number of Topliss-reactive ketones (excluding diaryl/α,β-unsaturated/α-hetero) is 1. The third-order valence-electron chi connectivity index (χ3n) is 18.8. The molecule has 8 saturated heterocycles. The number of fused-ring (bicyclic) bond motifs is 9. The smallest absolute Gasteiger partial charge is 0.414 e. The maximum absolute atomic E-state index is 14.5. The minimum absolute atomic E-state index is 0.0000662. The van der Waals surface area contributed by atoms with Crippen molar-refractivity contribution in [2.45, 2.75) is 239 Å². The number of aliphatic hydroxyl groups excluding tert-OH is 2. The molecular weight excluding hydrogens is 1160 g/mol. The van der Waals surface area contributed by atoms with E-state index in [0.717, 1.165) is 31.3 Å². The van der Waals surface area contributed by atoms with Crippen LogP contribution in [0.15, 0.2) is 41.5 Å². The predicted octanol–water partition coefficient (Wildman–Crippen LogP) is 9.16. The quantitative estimate of drug-likeness (QED) is 0.0176. The molecule has 22 nitrogen and oxygen atoms in total. The number of carbonyl (C=O) groups excluding carboxylic acids is 3. The van der Waals surface area contributed by atoms with Gasteiger partial charge in [-0.15, -0.1) is 0 Å². The van der Waals surface area contributed by atoms with Crippen LogP contribution in [0.3, 0.4) is 0 Å². The summed E-state index contributed by atoms with van der Waals surface area (Å²) in [5, 5.41) is 26.3. The van der Waals surface area contributed by atoms with Gasteiger partial charge in [-0.3, -0.25) is 14.5 Å². The number of carbonyl (C=O) groups is 3. The molecule has 1 amide bonds. The van der Waals surface area contributed by atoms with Crippen LogP contribution in [-0.2, 0) is 77.8 Å². The highest BCUT2D eigenvalue weighted by molar-refractivity contribution is 8.77. The number of hydrogen-bond donors (Lipinski definition) is 2. The maximum atomic E-state index is 14.5. The first-order valence-electron chi connectivity index (χ1n) is 31.8. The summed E-state index contributed by atoms with van der Waals surface area (Å²) >= 11 is 0. The average Bonchev–Trinajstić information content (AvgIpc) is 1.79. The van der Waals surface area contributed by atoms with E-state index < -0.39 is 60.6 Å². The van der Waals surface area contributed by atoms with Crippen LogP contribution in [0.5, 0.6) is 0 Å². The molecule has 1 spiro atoms. The average molecular weight is 1260 g/mol. The van der Waals surface area contributed by atoms with E-state index >= 15 is 0 Å². The summed E-state index contributed by atoms with van der Waals surface area (Å²) in [5.41, 5.74) is 10.7. The van der Waals surface area contributed by atoms with E-state index in [-0.39, 0.29) is 136 Å². The van der Waals surface area contributed by atoms with Crippen molar-refractivity contribution in [1.82, 2.24) is 0 Å². The molecule has 0 saturated carbocycles. The number of azide groups is 1. The van der Waals surface area contributed by atoms with Crippen molar-refractivity contribution >= 4 is 45.1 Å². The van der Waals surface area contributed by atoms with Crippen molar-refractivity contribution in [3.63, 3.8) is 0 Å². The second kappa shape index (κ2) is 32.4. The predicted molar refractivity (Wildman–Crippen MR) is 325 cm³/mol. The lowest BCUT2D eigenvalue weighted by Gasteiger charge is -2.47. The molecule has 0 aliphatic carbocycles. The zero-order valence-corrected chi connectivity index (χ0v) is 53.5. The number of anilines is 1. The maximum Gasteiger partial charge on any atom is 0.414 e. The Hall–Kier alpha value is -3.14. The lowest BCUT2D eigenvalue weighted by atomic mass is 9.78. The molecular formula is C63H96N4O18S2. The second-order valence-corrected chi connectivity index (χ2v) is 28.9. The van der Waals surface area contributed by atoms with Gasteiger partial charge in [0.1, 0.15) is 31.2 Å². The summed E-state index contributed by atoms with van der Waals surface area (Å²) in [6.07, 6.45) is 3.88. The normalized spacial score (nSPS) is 35.6. The fraction of sp³-hybridized carbons (Fsp3) is 0.825. The van der Waals surface area contributed by atoms with Crippen molar-refractivity contribution in [1.29, 1.82) is 0 Å². The van der Waals surface area contributed by atoms with Crippen LogP contribution in [-0.4, -0.2) is 203 Å². The van der Waals surface area contributed by atoms with Crippen LogP contribution < -0.4 is 4.90 Å². The van der Waals surface area contributed by atoms with E-state index in [4.69, 9.17) is 67.1 Å². The Morgan fingerprint density at radius 3 is 2.33 bits per heavy atom. The minimum Gasteiger partial charge on any atom is -0.461 e. The first-order valence-corrected chi connectivity index (χ1v) is 34.3. The van der Waals surface area contributed by atoms with Crippen LogP contribution in [0.4, 0.5) is 10.5 Å². The van der Waals surface area contributed by atoms with E-state index in [0.29, 0.717) is 95.1 Å². The Labute approximate surface area is 521 Å². The van der Waals surface area contributed by atoms with Gasteiger partial charge in [-0.25, -0.2) is 4.79 Å². The summed E-state index contributed by atoms with van der Waals surface area (Å²) in [4.78, 5) is 45.5. The van der Waals surface area contributed by atoms with Gasteiger partial charge in [0, 0.05) is 81.5 Å². The first kappa shape index (κ1) is 68.2. The number of benzene rings is 1. The highest BCUT2D eigenvalue weighted by Crippen LogP contribution is 2.50. The molecule has 24 heteroatoms. The molecule has 488 valence electrons. The number of aliphatic hydroxyl groups is 2. The van der Waals surface area contributed by atoms with Crippen LogP contribution in [0.2, 0.25) is 0 Å². The van der Waals surface area contributed by atoms with Crippen molar-refractivity contribution < 1.29 is 86.2 Å². The third-order valence-corrected chi connectivity index (χ3v) is 21.4. The van der Waals surface area contributed by atoms with Crippen molar-refractivity contribution in [3.05, 3.63) is 52.4 Å². The van der Waals surface area contributed by atoms with E-state index in [2.05, 4.69) is 30.5 Å². The number of amides is 1. The molecule has 0 radical (unpaired) electrons. The fourth-order valence-electron chi connectivity index (χ4n) is 14.2. The number of ketones is 1. The van der Waals surface area contributed by atoms with E-state index in [1.165, 1.54) is 4.90 Å². The van der Waals surface area contributed by atoms with Gasteiger partial charge < -0.3 is 71.8 Å². The van der Waals surface area contributed by atoms with Crippen LogP contribution in [0.25, 0.3) is 10.4 Å². The van der Waals surface area contributed by atoms with Crippen molar-refractivity contribution in [2.75, 3.05) is 77.6 Å². The second-order valence-electron chi connectivity index (χ2n) is 25.8. The molecule has 8 heterocycles. The monoisotopic (exact) mass is 1260 g/mol. The van der Waals surface area contributed by atoms with Crippen molar-refractivity contribution in [2.24, 2.45) is 22.9 Å². The summed E-state index contributed by atoms with van der Waals surface area (Å²) in [5.74, 6) is -1.17. The molecule has 8 fully saturated rings. The van der Waals surface area contributed by atoms with E-state index in [1.807, 2.05) is 20.1 Å². The topological polar surface area (TPSA) is 264 Å². The van der Waals surface area contributed by atoms with Gasteiger partial charge >= 0.3 is 12.1 Å². The van der Waals surface area contributed by atoms with Crippen LogP contribution in [0.1, 0.15) is 136 Å². The summed E-state index contributed by atoms with van der Waals surface area (Å²) in [6.45, 7) is 15.5. The third kappa shape index (κ3) is 18.8. The molecule has 1 aromatic rings.